The number of carbonyl (C=O) groups excluding carboxylic acids is 1. The van der Waals surface area contributed by atoms with Crippen LogP contribution in [0.5, 0.6) is 5.75 Å². The molecule has 0 aliphatic heterocycles. The summed E-state index contributed by atoms with van der Waals surface area (Å²) in [6.45, 7) is 0.237. The van der Waals surface area contributed by atoms with Crippen molar-refractivity contribution in [3.8, 4) is 5.75 Å². The van der Waals surface area contributed by atoms with Crippen LogP contribution < -0.4 is 10.5 Å². The zero-order valence-electron chi connectivity index (χ0n) is 12.5. The van der Waals surface area contributed by atoms with E-state index in [1.807, 2.05) is 0 Å². The van der Waals surface area contributed by atoms with Gasteiger partial charge in [0.05, 0.1) is 13.3 Å². The lowest BCUT2D eigenvalue weighted by atomic mass is 10.1. The highest BCUT2D eigenvalue weighted by atomic mass is 35.5. The van der Waals surface area contributed by atoms with Crippen LogP contribution in [0.4, 0.5) is 0 Å². The molecular weight excluding hydrogens is 339 g/mol. The largest absolute Gasteiger partial charge is 0.487 e. The fourth-order valence-corrected chi connectivity index (χ4v) is 2.41. The van der Waals surface area contributed by atoms with Gasteiger partial charge in [0.15, 0.2) is 0 Å². The lowest BCUT2D eigenvalue weighted by molar-refractivity contribution is -0.142. The van der Waals surface area contributed by atoms with Gasteiger partial charge >= 0.3 is 5.97 Å². The SMILES string of the molecule is COC(=O)C(N)Cc1ccc(OCc2c(Cl)cccc2Cl)cn1. The molecule has 2 N–H and O–H groups in total. The number of rotatable bonds is 6. The number of benzene rings is 1. The van der Waals surface area contributed by atoms with Gasteiger partial charge in [0.2, 0.25) is 0 Å². The molecular formula is C16H16Cl2N2O3. The zero-order valence-corrected chi connectivity index (χ0v) is 14.0. The molecule has 0 bridgehead atoms. The van der Waals surface area contributed by atoms with Crippen molar-refractivity contribution < 1.29 is 14.3 Å². The summed E-state index contributed by atoms with van der Waals surface area (Å²) >= 11 is 12.2. The average molecular weight is 355 g/mol. The second-order valence-corrected chi connectivity index (χ2v) is 5.62. The topological polar surface area (TPSA) is 74.4 Å². The Kier molecular flexibility index (Phi) is 6.21. The van der Waals surface area contributed by atoms with E-state index < -0.39 is 12.0 Å². The van der Waals surface area contributed by atoms with E-state index in [1.165, 1.54) is 7.11 Å². The molecule has 1 heterocycles. The molecule has 5 nitrogen and oxygen atoms in total. The molecule has 0 amide bonds. The average Bonchev–Trinajstić information content (AvgIpc) is 2.55. The summed E-state index contributed by atoms with van der Waals surface area (Å²) < 4.78 is 10.2. The summed E-state index contributed by atoms with van der Waals surface area (Å²) in [7, 11) is 1.30. The van der Waals surface area contributed by atoms with E-state index >= 15 is 0 Å². The first-order valence-electron chi connectivity index (χ1n) is 6.85. The number of nitrogens with two attached hydrogens (primary N) is 1. The van der Waals surface area contributed by atoms with Crippen LogP contribution in [0.2, 0.25) is 10.0 Å². The molecule has 1 atom stereocenters. The number of hydrogen-bond acceptors (Lipinski definition) is 5. The predicted octanol–water partition coefficient (Wildman–Crippen LogP) is 3.01. The Morgan fingerprint density at radius 1 is 1.26 bits per heavy atom. The fourth-order valence-electron chi connectivity index (χ4n) is 1.90. The molecule has 1 aromatic carbocycles. The molecule has 0 aliphatic carbocycles. The first kappa shape index (κ1) is 17.5. The monoisotopic (exact) mass is 354 g/mol. The summed E-state index contributed by atoms with van der Waals surface area (Å²) in [6.07, 6.45) is 1.85. The second kappa shape index (κ2) is 8.15. The molecule has 1 aromatic heterocycles. The van der Waals surface area contributed by atoms with Crippen molar-refractivity contribution in [3.05, 3.63) is 57.8 Å². The van der Waals surface area contributed by atoms with Gasteiger partial charge in [-0.3, -0.25) is 9.78 Å². The number of nitrogens with zero attached hydrogens (tertiary/aromatic N) is 1. The summed E-state index contributed by atoms with van der Waals surface area (Å²) in [6, 6.07) is 8.03. The van der Waals surface area contributed by atoms with Gasteiger partial charge < -0.3 is 15.2 Å². The van der Waals surface area contributed by atoms with E-state index in [2.05, 4.69) is 9.72 Å². The van der Waals surface area contributed by atoms with Crippen molar-refractivity contribution in [2.45, 2.75) is 19.1 Å². The Hall–Kier alpha value is -1.82. The van der Waals surface area contributed by atoms with Gasteiger partial charge in [-0.05, 0) is 24.3 Å². The summed E-state index contributed by atoms with van der Waals surface area (Å²) in [5.74, 6) is 0.0943. The van der Waals surface area contributed by atoms with E-state index in [1.54, 1.807) is 36.5 Å². The molecule has 0 aliphatic rings. The van der Waals surface area contributed by atoms with Gasteiger partial charge in [-0.2, -0.15) is 0 Å². The van der Waals surface area contributed by atoms with Gasteiger partial charge in [-0.1, -0.05) is 29.3 Å². The van der Waals surface area contributed by atoms with Gasteiger partial charge in [-0.15, -0.1) is 0 Å². The third-order valence-electron chi connectivity index (χ3n) is 3.18. The van der Waals surface area contributed by atoms with Crippen LogP contribution in [0.25, 0.3) is 0 Å². The lowest BCUT2D eigenvalue weighted by Gasteiger charge is -2.11. The number of aromatic nitrogens is 1. The maximum atomic E-state index is 11.3. The Morgan fingerprint density at radius 2 is 1.96 bits per heavy atom. The maximum Gasteiger partial charge on any atom is 0.323 e. The number of pyridine rings is 1. The van der Waals surface area contributed by atoms with Crippen molar-refractivity contribution in [1.82, 2.24) is 4.98 Å². The summed E-state index contributed by atoms with van der Waals surface area (Å²) in [5, 5.41) is 1.09. The molecule has 0 fully saturated rings. The number of ether oxygens (including phenoxy) is 2. The number of carbonyl (C=O) groups is 1. The van der Waals surface area contributed by atoms with Crippen LogP contribution in [0.15, 0.2) is 36.5 Å². The van der Waals surface area contributed by atoms with E-state index in [0.717, 1.165) is 0 Å². The molecule has 7 heteroatoms. The predicted molar refractivity (Wildman–Crippen MR) is 88.7 cm³/mol. The molecule has 2 aromatic rings. The van der Waals surface area contributed by atoms with Crippen molar-refractivity contribution in [1.29, 1.82) is 0 Å². The standard InChI is InChI=1S/C16H16Cl2N2O3/c1-22-16(21)15(19)7-10-5-6-11(8-20-10)23-9-12-13(17)3-2-4-14(12)18/h2-6,8,15H,7,9,19H2,1H3. The smallest absolute Gasteiger partial charge is 0.323 e. The molecule has 2 rings (SSSR count). The second-order valence-electron chi connectivity index (χ2n) is 4.81. The van der Waals surface area contributed by atoms with Crippen molar-refractivity contribution in [3.63, 3.8) is 0 Å². The molecule has 0 radical (unpaired) electrons. The van der Waals surface area contributed by atoms with Crippen molar-refractivity contribution >= 4 is 29.2 Å². The van der Waals surface area contributed by atoms with Gasteiger partial charge in [0.25, 0.3) is 0 Å². The number of methoxy groups -OCH3 is 1. The van der Waals surface area contributed by atoms with E-state index in [9.17, 15) is 4.79 Å². The fraction of sp³-hybridized carbons (Fsp3) is 0.250. The van der Waals surface area contributed by atoms with Crippen LogP contribution >= 0.6 is 23.2 Å². The first-order chi connectivity index (χ1) is 11.0. The van der Waals surface area contributed by atoms with Crippen LogP contribution in [0.3, 0.4) is 0 Å². The van der Waals surface area contributed by atoms with Gasteiger partial charge in [0, 0.05) is 27.7 Å². The van der Waals surface area contributed by atoms with Gasteiger partial charge in [-0.25, -0.2) is 0 Å². The molecule has 23 heavy (non-hydrogen) atoms. The molecule has 1 unspecified atom stereocenters. The number of halogens is 2. The minimum Gasteiger partial charge on any atom is -0.487 e. The van der Waals surface area contributed by atoms with Gasteiger partial charge in [0.1, 0.15) is 18.4 Å². The normalized spacial score (nSPS) is 11.8. The third-order valence-corrected chi connectivity index (χ3v) is 3.88. The summed E-state index contributed by atoms with van der Waals surface area (Å²) in [5.41, 5.74) is 7.08. The molecule has 0 saturated heterocycles. The highest BCUT2D eigenvalue weighted by Crippen LogP contribution is 2.25. The van der Waals surface area contributed by atoms with Crippen LogP contribution in [-0.2, 0) is 22.6 Å². The van der Waals surface area contributed by atoms with Crippen LogP contribution in [0, 0.1) is 0 Å². The molecule has 122 valence electrons. The van der Waals surface area contributed by atoms with Crippen LogP contribution in [0.1, 0.15) is 11.3 Å². The lowest BCUT2D eigenvalue weighted by Crippen LogP contribution is -2.33. The van der Waals surface area contributed by atoms with E-state index in [4.69, 9.17) is 33.7 Å². The Balaban J connectivity index is 1.96. The third kappa shape index (κ3) is 4.82. The first-order valence-corrected chi connectivity index (χ1v) is 7.61. The minimum atomic E-state index is -0.735. The Bertz CT molecular complexity index is 657. The van der Waals surface area contributed by atoms with Crippen molar-refractivity contribution in [2.24, 2.45) is 5.73 Å². The summed E-state index contributed by atoms with van der Waals surface area (Å²) in [4.78, 5) is 15.5. The number of esters is 1. The molecule has 0 saturated carbocycles. The highest BCUT2D eigenvalue weighted by molar-refractivity contribution is 6.35. The minimum absolute atomic E-state index is 0.237. The quantitative estimate of drug-likeness (QED) is 0.807. The zero-order chi connectivity index (χ0) is 16.8. The van der Waals surface area contributed by atoms with E-state index in [-0.39, 0.29) is 6.61 Å². The molecule has 0 spiro atoms. The number of hydrogen-bond donors (Lipinski definition) is 1. The Morgan fingerprint density at radius 3 is 2.52 bits per heavy atom. The highest BCUT2D eigenvalue weighted by Gasteiger charge is 2.15. The van der Waals surface area contributed by atoms with Crippen molar-refractivity contribution in [2.75, 3.05) is 7.11 Å². The van der Waals surface area contributed by atoms with E-state index in [0.29, 0.717) is 33.5 Å². The Labute approximate surface area is 144 Å². The maximum absolute atomic E-state index is 11.3. The van der Waals surface area contributed by atoms with Crippen LogP contribution in [-0.4, -0.2) is 24.1 Å².